The highest BCUT2D eigenvalue weighted by molar-refractivity contribution is 6.41. The summed E-state index contributed by atoms with van der Waals surface area (Å²) in [6.07, 6.45) is 0. The zero-order chi connectivity index (χ0) is 13.8. The maximum absolute atomic E-state index is 11.8. The SMILES string of the molecule is O=C(Oc1cc(Cl)c(Cl)ccc1=O)c1ccccc1. The van der Waals surface area contributed by atoms with E-state index in [9.17, 15) is 9.59 Å². The van der Waals surface area contributed by atoms with Gasteiger partial charge in [0.2, 0.25) is 5.43 Å². The highest BCUT2D eigenvalue weighted by atomic mass is 35.5. The number of carbonyl (C=O) groups excluding carboxylic acids is 1. The van der Waals surface area contributed by atoms with Gasteiger partial charge in [-0.3, -0.25) is 4.79 Å². The summed E-state index contributed by atoms with van der Waals surface area (Å²) in [5.74, 6) is -0.790. The highest BCUT2D eigenvalue weighted by Gasteiger charge is 2.10. The third-order valence-electron chi connectivity index (χ3n) is 2.32. The maximum Gasteiger partial charge on any atom is 0.343 e. The zero-order valence-electron chi connectivity index (χ0n) is 9.60. The lowest BCUT2D eigenvalue weighted by Crippen LogP contribution is -2.13. The van der Waals surface area contributed by atoms with Gasteiger partial charge in [0.05, 0.1) is 15.6 Å². The first-order valence-corrected chi connectivity index (χ1v) is 6.10. The van der Waals surface area contributed by atoms with Crippen LogP contribution in [0.3, 0.4) is 0 Å². The van der Waals surface area contributed by atoms with Crippen molar-refractivity contribution in [1.29, 1.82) is 0 Å². The summed E-state index contributed by atoms with van der Waals surface area (Å²) >= 11 is 11.6. The van der Waals surface area contributed by atoms with Crippen LogP contribution in [0.2, 0.25) is 10.0 Å². The van der Waals surface area contributed by atoms with Gasteiger partial charge < -0.3 is 4.74 Å². The minimum absolute atomic E-state index is 0.139. The molecule has 0 bridgehead atoms. The normalized spacial score (nSPS) is 10.0. The smallest absolute Gasteiger partial charge is 0.343 e. The average Bonchev–Trinajstić information content (AvgIpc) is 2.54. The Morgan fingerprint density at radius 1 is 0.947 bits per heavy atom. The highest BCUT2D eigenvalue weighted by Crippen LogP contribution is 2.22. The van der Waals surface area contributed by atoms with E-state index in [1.165, 1.54) is 18.2 Å². The van der Waals surface area contributed by atoms with Crippen LogP contribution in [0.5, 0.6) is 5.75 Å². The Labute approximate surface area is 119 Å². The first kappa shape index (κ1) is 13.6. The molecule has 0 aliphatic heterocycles. The van der Waals surface area contributed by atoms with E-state index in [0.717, 1.165) is 0 Å². The van der Waals surface area contributed by atoms with Crippen LogP contribution in [0, 0.1) is 0 Å². The minimum atomic E-state index is -0.629. The van der Waals surface area contributed by atoms with E-state index in [1.54, 1.807) is 30.3 Å². The predicted octanol–water partition coefficient (Wildman–Crippen LogP) is 3.57. The van der Waals surface area contributed by atoms with Crippen LogP contribution in [0.15, 0.2) is 53.3 Å². The van der Waals surface area contributed by atoms with Gasteiger partial charge >= 0.3 is 5.97 Å². The molecule has 0 N–H and O–H groups in total. The van der Waals surface area contributed by atoms with Crippen LogP contribution in [0.25, 0.3) is 0 Å². The standard InChI is InChI=1S/C14H8Cl2O3/c15-10-6-7-12(17)13(8-11(10)16)19-14(18)9-4-2-1-3-5-9/h1-8H. The molecular weight excluding hydrogens is 287 g/mol. The monoisotopic (exact) mass is 294 g/mol. The van der Waals surface area contributed by atoms with Crippen molar-refractivity contribution in [2.75, 3.05) is 0 Å². The second-order valence-corrected chi connectivity index (χ2v) is 4.47. The summed E-state index contributed by atoms with van der Waals surface area (Å²) in [7, 11) is 0. The molecule has 0 aliphatic rings. The minimum Gasteiger partial charge on any atom is -0.419 e. The van der Waals surface area contributed by atoms with Gasteiger partial charge in [-0.05, 0) is 24.3 Å². The topological polar surface area (TPSA) is 43.4 Å². The van der Waals surface area contributed by atoms with E-state index >= 15 is 0 Å². The molecule has 0 saturated heterocycles. The number of rotatable bonds is 2. The van der Waals surface area contributed by atoms with E-state index in [4.69, 9.17) is 27.9 Å². The number of ether oxygens (including phenoxy) is 1. The summed E-state index contributed by atoms with van der Waals surface area (Å²) in [5, 5.41) is 0.348. The van der Waals surface area contributed by atoms with Crippen molar-refractivity contribution in [3.05, 3.63) is 74.4 Å². The number of halogens is 2. The van der Waals surface area contributed by atoms with Crippen molar-refractivity contribution in [3.63, 3.8) is 0 Å². The van der Waals surface area contributed by atoms with Crippen LogP contribution in [0.1, 0.15) is 10.4 Å². The first-order chi connectivity index (χ1) is 9.08. The number of esters is 1. The second-order valence-electron chi connectivity index (χ2n) is 3.66. The molecule has 0 spiro atoms. The summed E-state index contributed by atoms with van der Waals surface area (Å²) in [6.45, 7) is 0. The molecule has 0 unspecified atom stereocenters. The van der Waals surface area contributed by atoms with Crippen LogP contribution in [0.4, 0.5) is 0 Å². The van der Waals surface area contributed by atoms with Crippen molar-refractivity contribution in [2.24, 2.45) is 0 Å². The molecule has 0 radical (unpaired) electrons. The van der Waals surface area contributed by atoms with Gasteiger partial charge in [0.25, 0.3) is 0 Å². The van der Waals surface area contributed by atoms with Gasteiger partial charge in [-0.25, -0.2) is 4.79 Å². The maximum atomic E-state index is 11.8. The quantitative estimate of drug-likeness (QED) is 0.795. The lowest BCUT2D eigenvalue weighted by atomic mass is 10.2. The Hall–Kier alpha value is -1.84. The third-order valence-corrected chi connectivity index (χ3v) is 3.06. The number of hydrogen-bond acceptors (Lipinski definition) is 3. The molecule has 0 saturated carbocycles. The van der Waals surface area contributed by atoms with E-state index in [-0.39, 0.29) is 15.8 Å². The fourth-order valence-corrected chi connectivity index (χ4v) is 1.66. The lowest BCUT2D eigenvalue weighted by molar-refractivity contribution is 0.0733. The van der Waals surface area contributed by atoms with Crippen LogP contribution >= 0.6 is 23.2 Å². The van der Waals surface area contributed by atoms with E-state index in [0.29, 0.717) is 5.56 Å². The predicted molar refractivity (Wildman–Crippen MR) is 74.1 cm³/mol. The molecule has 3 nitrogen and oxygen atoms in total. The summed E-state index contributed by atoms with van der Waals surface area (Å²) < 4.78 is 5.03. The summed E-state index contributed by atoms with van der Waals surface area (Å²) in [4.78, 5) is 23.5. The van der Waals surface area contributed by atoms with Crippen molar-refractivity contribution >= 4 is 29.2 Å². The molecule has 0 aromatic heterocycles. The molecule has 0 heterocycles. The van der Waals surface area contributed by atoms with E-state index < -0.39 is 11.4 Å². The van der Waals surface area contributed by atoms with Gasteiger partial charge in [-0.2, -0.15) is 0 Å². The van der Waals surface area contributed by atoms with Crippen LogP contribution in [-0.4, -0.2) is 5.97 Å². The molecule has 0 aliphatic carbocycles. The van der Waals surface area contributed by atoms with Crippen molar-refractivity contribution in [3.8, 4) is 5.75 Å². The molecule has 96 valence electrons. The van der Waals surface area contributed by atoms with Crippen molar-refractivity contribution in [2.45, 2.75) is 0 Å². The molecule has 2 aromatic rings. The third kappa shape index (κ3) is 3.34. The molecule has 0 amide bonds. The van der Waals surface area contributed by atoms with Gasteiger partial charge in [0.15, 0.2) is 5.75 Å². The molecule has 2 aromatic carbocycles. The van der Waals surface area contributed by atoms with Gasteiger partial charge in [0.1, 0.15) is 0 Å². The number of carbonyl (C=O) groups is 1. The van der Waals surface area contributed by atoms with Crippen molar-refractivity contribution in [1.82, 2.24) is 0 Å². The molecule has 0 atom stereocenters. The average molecular weight is 295 g/mol. The number of hydrogen-bond donors (Lipinski definition) is 0. The fraction of sp³-hybridized carbons (Fsp3) is 0. The molecule has 2 rings (SSSR count). The van der Waals surface area contributed by atoms with E-state index in [1.807, 2.05) is 0 Å². The van der Waals surface area contributed by atoms with E-state index in [2.05, 4.69) is 0 Å². The summed E-state index contributed by atoms with van der Waals surface area (Å²) in [6, 6.07) is 12.1. The molecule has 19 heavy (non-hydrogen) atoms. The Bertz CT molecular complexity index is 669. The van der Waals surface area contributed by atoms with Crippen molar-refractivity contribution < 1.29 is 9.53 Å². The van der Waals surface area contributed by atoms with Gasteiger partial charge in [-0.1, -0.05) is 41.4 Å². The molecular formula is C14H8Cl2O3. The van der Waals surface area contributed by atoms with Gasteiger partial charge in [0, 0.05) is 6.07 Å². The van der Waals surface area contributed by atoms with Crippen LogP contribution < -0.4 is 10.2 Å². The molecule has 0 fully saturated rings. The Balaban J connectivity index is 2.35. The Kier molecular flexibility index (Phi) is 4.20. The Morgan fingerprint density at radius 2 is 1.63 bits per heavy atom. The van der Waals surface area contributed by atoms with Gasteiger partial charge in [-0.15, -0.1) is 0 Å². The lowest BCUT2D eigenvalue weighted by Gasteiger charge is -2.01. The molecule has 5 heteroatoms. The summed E-state index contributed by atoms with van der Waals surface area (Å²) in [5.41, 5.74) is -0.131. The van der Waals surface area contributed by atoms with Crippen LogP contribution in [-0.2, 0) is 0 Å². The second kappa shape index (κ2) is 5.87. The Morgan fingerprint density at radius 3 is 2.32 bits per heavy atom. The largest absolute Gasteiger partial charge is 0.419 e. The number of benzene rings is 1. The first-order valence-electron chi connectivity index (χ1n) is 5.34. The zero-order valence-corrected chi connectivity index (χ0v) is 11.1. The fourth-order valence-electron chi connectivity index (χ4n) is 1.38.